The molecule has 0 radical (unpaired) electrons. The van der Waals surface area contributed by atoms with Gasteiger partial charge in [0.05, 0.1) is 19.3 Å². The van der Waals surface area contributed by atoms with Crippen LogP contribution in [-0.2, 0) is 21.5 Å². The van der Waals surface area contributed by atoms with E-state index in [1.165, 1.54) is 0 Å². The molecule has 2 heterocycles. The van der Waals surface area contributed by atoms with Crippen molar-refractivity contribution in [3.63, 3.8) is 0 Å². The number of benzene rings is 2. The fraction of sp³-hybridized carbons (Fsp3) is 0.423. The third-order valence-electron chi connectivity index (χ3n) is 6.84. The first-order valence-corrected chi connectivity index (χ1v) is 11.8. The molecule has 2 aliphatic heterocycles. The lowest BCUT2D eigenvalue weighted by Gasteiger charge is -2.25. The van der Waals surface area contributed by atoms with Crippen LogP contribution < -0.4 is 20.1 Å². The summed E-state index contributed by atoms with van der Waals surface area (Å²) in [4.78, 5) is 40.2. The van der Waals surface area contributed by atoms with Crippen molar-refractivity contribution in [1.82, 2.24) is 15.5 Å². The van der Waals surface area contributed by atoms with E-state index in [0.717, 1.165) is 28.0 Å². The van der Waals surface area contributed by atoms with Gasteiger partial charge < -0.3 is 20.1 Å². The van der Waals surface area contributed by atoms with E-state index in [2.05, 4.69) is 10.6 Å². The fourth-order valence-electron chi connectivity index (χ4n) is 5.10. The molecule has 0 saturated carbocycles. The maximum absolute atomic E-state index is 13.4. The number of amides is 4. The highest BCUT2D eigenvalue weighted by Crippen LogP contribution is 2.41. The van der Waals surface area contributed by atoms with Crippen LogP contribution in [0.3, 0.4) is 0 Å². The molecule has 2 atom stereocenters. The minimum absolute atomic E-state index is 0.0739. The van der Waals surface area contributed by atoms with Gasteiger partial charge in [0.2, 0.25) is 5.91 Å². The summed E-state index contributed by atoms with van der Waals surface area (Å²) in [5.74, 6) is 0.666. The molecule has 1 fully saturated rings. The predicted octanol–water partition coefficient (Wildman–Crippen LogP) is 3.05. The van der Waals surface area contributed by atoms with Gasteiger partial charge in [-0.2, -0.15) is 0 Å². The van der Waals surface area contributed by atoms with Crippen molar-refractivity contribution < 1.29 is 23.9 Å². The molecule has 1 aliphatic carbocycles. The fourth-order valence-corrected chi connectivity index (χ4v) is 5.10. The predicted molar refractivity (Wildman–Crippen MR) is 124 cm³/mol. The lowest BCUT2D eigenvalue weighted by Crippen LogP contribution is -2.44. The maximum atomic E-state index is 13.4. The van der Waals surface area contributed by atoms with Gasteiger partial charge in [-0.15, -0.1) is 0 Å². The van der Waals surface area contributed by atoms with E-state index in [1.54, 1.807) is 0 Å². The Morgan fingerprint density at radius 1 is 1.12 bits per heavy atom. The van der Waals surface area contributed by atoms with Crippen molar-refractivity contribution in [2.24, 2.45) is 5.92 Å². The topological polar surface area (TPSA) is 97.0 Å². The number of rotatable bonds is 5. The van der Waals surface area contributed by atoms with Crippen LogP contribution in [0.1, 0.15) is 49.4 Å². The maximum Gasteiger partial charge on any atom is 0.325 e. The number of nitrogens with zero attached hydrogens (tertiary/aromatic N) is 1. The second-order valence-electron chi connectivity index (χ2n) is 9.43. The minimum atomic E-state index is -1.07. The van der Waals surface area contributed by atoms with Crippen molar-refractivity contribution >= 4 is 17.8 Å². The molecule has 2 aromatic carbocycles. The van der Waals surface area contributed by atoms with Crippen molar-refractivity contribution in [3.8, 4) is 11.5 Å². The van der Waals surface area contributed by atoms with Crippen LogP contribution in [0.25, 0.3) is 0 Å². The highest BCUT2D eigenvalue weighted by Gasteiger charge is 2.55. The van der Waals surface area contributed by atoms with E-state index >= 15 is 0 Å². The molecule has 1 saturated heterocycles. The first kappa shape index (κ1) is 22.3. The number of hydrogen-bond donors (Lipinski definition) is 2. The average molecular weight is 464 g/mol. The zero-order chi connectivity index (χ0) is 23.9. The van der Waals surface area contributed by atoms with E-state index in [1.807, 2.05) is 56.3 Å². The number of aryl methyl sites for hydroxylation is 1. The van der Waals surface area contributed by atoms with Gasteiger partial charge in [-0.05, 0) is 47.6 Å². The molecule has 4 amide bonds. The quantitative estimate of drug-likeness (QED) is 0.665. The highest BCUT2D eigenvalue weighted by molar-refractivity contribution is 6.09. The lowest BCUT2D eigenvalue weighted by atomic mass is 9.92. The molecule has 34 heavy (non-hydrogen) atoms. The summed E-state index contributed by atoms with van der Waals surface area (Å²) in [6.07, 6.45) is 2.02. The van der Waals surface area contributed by atoms with Crippen LogP contribution in [0.5, 0.6) is 11.5 Å². The summed E-state index contributed by atoms with van der Waals surface area (Å²) in [5.41, 5.74) is 1.69. The second-order valence-corrected chi connectivity index (χ2v) is 9.43. The average Bonchev–Trinajstić information content (AvgIpc) is 3.17. The van der Waals surface area contributed by atoms with Crippen LogP contribution in [0.2, 0.25) is 0 Å². The zero-order valence-corrected chi connectivity index (χ0v) is 19.4. The van der Waals surface area contributed by atoms with Crippen LogP contribution in [0.4, 0.5) is 4.79 Å². The van der Waals surface area contributed by atoms with E-state index in [9.17, 15) is 14.4 Å². The number of carbonyl (C=O) groups excluding carboxylic acids is 3. The number of urea groups is 1. The standard InChI is InChI=1S/C26H29N3O5/c1-16(2)23(18-8-9-20-21(14-18)34-13-5-12-33-20)27-22(30)15-29-24(31)26(28-25(29)32)11-10-17-6-3-4-7-19(17)26/h3-4,6-9,14,16,23H,5,10-13,15H2,1-2H3,(H,27,30)(H,28,32)/t23-,26+/m1/s1. The Balaban J connectivity index is 1.32. The van der Waals surface area contributed by atoms with E-state index < -0.39 is 17.5 Å². The summed E-state index contributed by atoms with van der Waals surface area (Å²) < 4.78 is 11.5. The minimum Gasteiger partial charge on any atom is -0.490 e. The molecule has 2 aromatic rings. The third-order valence-corrected chi connectivity index (χ3v) is 6.84. The third kappa shape index (κ3) is 3.77. The number of carbonyl (C=O) groups is 3. The Kier molecular flexibility index (Phi) is 5.67. The normalized spacial score (nSPS) is 21.9. The molecule has 5 rings (SSSR count). The second kappa shape index (κ2) is 8.66. The van der Waals surface area contributed by atoms with Gasteiger partial charge in [0, 0.05) is 6.42 Å². The van der Waals surface area contributed by atoms with Gasteiger partial charge in [-0.1, -0.05) is 44.2 Å². The van der Waals surface area contributed by atoms with Crippen molar-refractivity contribution in [2.45, 2.75) is 44.7 Å². The van der Waals surface area contributed by atoms with Crippen molar-refractivity contribution in [2.75, 3.05) is 19.8 Å². The summed E-state index contributed by atoms with van der Waals surface area (Å²) in [6.45, 7) is 4.86. The van der Waals surface area contributed by atoms with Gasteiger partial charge in [0.25, 0.3) is 5.91 Å². The Labute approximate surface area is 198 Å². The van der Waals surface area contributed by atoms with Crippen molar-refractivity contribution in [3.05, 3.63) is 59.2 Å². The van der Waals surface area contributed by atoms with Crippen LogP contribution >= 0.6 is 0 Å². The molecule has 2 N–H and O–H groups in total. The molecule has 0 unspecified atom stereocenters. The number of nitrogens with one attached hydrogen (secondary N) is 2. The summed E-state index contributed by atoms with van der Waals surface area (Å²) in [6, 6.07) is 12.5. The highest BCUT2D eigenvalue weighted by atomic mass is 16.5. The van der Waals surface area contributed by atoms with Gasteiger partial charge in [-0.3, -0.25) is 14.5 Å². The monoisotopic (exact) mass is 463 g/mol. The first-order chi connectivity index (χ1) is 16.4. The first-order valence-electron chi connectivity index (χ1n) is 11.8. The molecule has 1 spiro atoms. The summed E-state index contributed by atoms with van der Waals surface area (Å²) in [5, 5.41) is 5.88. The Bertz CT molecular complexity index is 1150. The van der Waals surface area contributed by atoms with Crippen LogP contribution in [-0.4, -0.2) is 42.5 Å². The van der Waals surface area contributed by atoms with Gasteiger partial charge in [-0.25, -0.2) is 4.79 Å². The van der Waals surface area contributed by atoms with Crippen molar-refractivity contribution in [1.29, 1.82) is 0 Å². The van der Waals surface area contributed by atoms with Gasteiger partial charge >= 0.3 is 6.03 Å². The molecular weight excluding hydrogens is 434 g/mol. The molecule has 8 heteroatoms. The largest absolute Gasteiger partial charge is 0.490 e. The van der Waals surface area contributed by atoms with E-state index in [-0.39, 0.29) is 24.4 Å². The lowest BCUT2D eigenvalue weighted by molar-refractivity contribution is -0.135. The Morgan fingerprint density at radius 3 is 2.68 bits per heavy atom. The van der Waals surface area contributed by atoms with E-state index in [0.29, 0.717) is 37.6 Å². The molecule has 0 bridgehead atoms. The molecule has 3 aliphatic rings. The molecular formula is C26H29N3O5. The summed E-state index contributed by atoms with van der Waals surface area (Å²) >= 11 is 0. The van der Waals surface area contributed by atoms with Gasteiger partial charge in [0.15, 0.2) is 11.5 Å². The smallest absolute Gasteiger partial charge is 0.325 e. The Morgan fingerprint density at radius 2 is 1.88 bits per heavy atom. The number of hydrogen-bond acceptors (Lipinski definition) is 5. The number of fused-ring (bicyclic) bond motifs is 3. The number of ether oxygens (including phenoxy) is 2. The zero-order valence-electron chi connectivity index (χ0n) is 19.4. The molecule has 0 aromatic heterocycles. The van der Waals surface area contributed by atoms with Crippen LogP contribution in [0.15, 0.2) is 42.5 Å². The molecule has 8 nitrogen and oxygen atoms in total. The Hall–Kier alpha value is -3.55. The van der Waals surface area contributed by atoms with Crippen LogP contribution in [0, 0.1) is 5.92 Å². The van der Waals surface area contributed by atoms with E-state index in [4.69, 9.17) is 9.47 Å². The summed E-state index contributed by atoms with van der Waals surface area (Å²) in [7, 11) is 0. The SMILES string of the molecule is CC(C)[C@@H](NC(=O)CN1C(=O)N[C@]2(CCc3ccccc32)C1=O)c1ccc2c(c1)OCCCO2. The molecule has 178 valence electrons. The number of imide groups is 1. The van der Waals surface area contributed by atoms with Gasteiger partial charge in [0.1, 0.15) is 12.1 Å².